The van der Waals surface area contributed by atoms with Gasteiger partial charge in [0.2, 0.25) is 0 Å². The van der Waals surface area contributed by atoms with E-state index in [1.54, 1.807) is 17.4 Å². The first-order chi connectivity index (χ1) is 6.29. The second-order valence-corrected chi connectivity index (χ2v) is 3.69. The van der Waals surface area contributed by atoms with Crippen molar-refractivity contribution in [2.75, 3.05) is 0 Å². The van der Waals surface area contributed by atoms with Crippen molar-refractivity contribution >= 4 is 11.3 Å². The van der Waals surface area contributed by atoms with Crippen LogP contribution in [-0.2, 0) is 0 Å². The first-order valence-electron chi connectivity index (χ1n) is 4.07. The molecule has 1 aromatic carbocycles. The van der Waals surface area contributed by atoms with Gasteiger partial charge < -0.3 is 0 Å². The highest BCUT2D eigenvalue weighted by molar-refractivity contribution is 7.08. The summed E-state index contributed by atoms with van der Waals surface area (Å²) in [4.78, 5) is 0. The van der Waals surface area contributed by atoms with E-state index in [-0.39, 0.29) is 5.82 Å². The Labute approximate surface area is 80.7 Å². The van der Waals surface area contributed by atoms with Crippen LogP contribution in [0.3, 0.4) is 0 Å². The molecule has 13 heavy (non-hydrogen) atoms. The van der Waals surface area contributed by atoms with Crippen LogP contribution in [0.4, 0.5) is 4.39 Å². The topological polar surface area (TPSA) is 0 Å². The van der Waals surface area contributed by atoms with Crippen molar-refractivity contribution in [1.82, 2.24) is 0 Å². The van der Waals surface area contributed by atoms with Crippen molar-refractivity contribution in [1.29, 1.82) is 0 Å². The van der Waals surface area contributed by atoms with Crippen molar-refractivity contribution in [3.8, 4) is 11.1 Å². The van der Waals surface area contributed by atoms with Gasteiger partial charge in [-0.25, -0.2) is 4.39 Å². The number of benzene rings is 1. The third-order valence-corrected chi connectivity index (χ3v) is 2.88. The SMILES string of the molecule is Cc1cscc1-c1ccccc1F. The number of aryl methyl sites for hydroxylation is 1. The molecule has 0 aliphatic carbocycles. The third kappa shape index (κ3) is 1.49. The first-order valence-corrected chi connectivity index (χ1v) is 5.01. The molecule has 0 radical (unpaired) electrons. The summed E-state index contributed by atoms with van der Waals surface area (Å²) in [5.41, 5.74) is 2.83. The molecule has 0 spiro atoms. The highest BCUT2D eigenvalue weighted by Crippen LogP contribution is 2.28. The maximum atomic E-state index is 13.3. The zero-order valence-electron chi connectivity index (χ0n) is 7.25. The first kappa shape index (κ1) is 8.45. The van der Waals surface area contributed by atoms with Crippen LogP contribution >= 0.6 is 11.3 Å². The van der Waals surface area contributed by atoms with Crippen molar-refractivity contribution in [2.24, 2.45) is 0 Å². The van der Waals surface area contributed by atoms with E-state index < -0.39 is 0 Å². The lowest BCUT2D eigenvalue weighted by Gasteiger charge is -2.00. The van der Waals surface area contributed by atoms with Crippen LogP contribution in [0.2, 0.25) is 0 Å². The summed E-state index contributed by atoms with van der Waals surface area (Å²) in [6.45, 7) is 2.00. The molecule has 0 saturated carbocycles. The van der Waals surface area contributed by atoms with Crippen molar-refractivity contribution in [2.45, 2.75) is 6.92 Å². The van der Waals surface area contributed by atoms with Gasteiger partial charge in [0.1, 0.15) is 5.82 Å². The summed E-state index contributed by atoms with van der Waals surface area (Å²) < 4.78 is 13.3. The molecule has 0 nitrogen and oxygen atoms in total. The molecule has 0 fully saturated rings. The molecule has 0 atom stereocenters. The van der Waals surface area contributed by atoms with Gasteiger partial charge >= 0.3 is 0 Å². The van der Waals surface area contributed by atoms with Gasteiger partial charge in [-0.1, -0.05) is 18.2 Å². The zero-order valence-corrected chi connectivity index (χ0v) is 8.07. The Kier molecular flexibility index (Phi) is 2.15. The molecular weight excluding hydrogens is 183 g/mol. The number of hydrogen-bond donors (Lipinski definition) is 0. The summed E-state index contributed by atoms with van der Waals surface area (Å²) in [5.74, 6) is -0.149. The quantitative estimate of drug-likeness (QED) is 0.643. The molecule has 66 valence electrons. The van der Waals surface area contributed by atoms with E-state index in [2.05, 4.69) is 0 Å². The predicted molar refractivity (Wildman–Crippen MR) is 54.5 cm³/mol. The molecule has 0 unspecified atom stereocenters. The number of hydrogen-bond acceptors (Lipinski definition) is 1. The molecule has 2 heteroatoms. The van der Waals surface area contributed by atoms with Gasteiger partial charge in [0.25, 0.3) is 0 Å². The van der Waals surface area contributed by atoms with Crippen LogP contribution in [0.15, 0.2) is 35.0 Å². The lowest BCUT2D eigenvalue weighted by atomic mass is 10.1. The predicted octanol–water partition coefficient (Wildman–Crippen LogP) is 3.86. The van der Waals surface area contributed by atoms with Crippen LogP contribution in [0, 0.1) is 12.7 Å². The van der Waals surface area contributed by atoms with E-state index in [1.165, 1.54) is 6.07 Å². The van der Waals surface area contributed by atoms with E-state index in [4.69, 9.17) is 0 Å². The Balaban J connectivity index is 2.59. The second kappa shape index (κ2) is 3.30. The van der Waals surface area contributed by atoms with Crippen LogP contribution in [-0.4, -0.2) is 0 Å². The van der Waals surface area contributed by atoms with Gasteiger partial charge in [-0.2, -0.15) is 11.3 Å². The minimum Gasteiger partial charge on any atom is -0.206 e. The molecule has 0 N–H and O–H groups in total. The van der Waals surface area contributed by atoms with Crippen LogP contribution in [0.5, 0.6) is 0 Å². The second-order valence-electron chi connectivity index (χ2n) is 2.95. The molecular formula is C11H9FS. The Bertz CT molecular complexity index is 418. The van der Waals surface area contributed by atoms with E-state index in [1.807, 2.05) is 29.8 Å². The normalized spacial score (nSPS) is 10.3. The average molecular weight is 192 g/mol. The summed E-state index contributed by atoms with van der Waals surface area (Å²) in [5, 5.41) is 4.01. The fourth-order valence-corrected chi connectivity index (χ4v) is 2.16. The Morgan fingerprint density at radius 1 is 1.08 bits per heavy atom. The Hall–Kier alpha value is -1.15. The third-order valence-electron chi connectivity index (χ3n) is 2.02. The molecule has 0 saturated heterocycles. The standard InChI is InChI=1S/C11H9FS/c1-8-6-13-7-10(8)9-4-2-3-5-11(9)12/h2-7H,1H3. The van der Waals surface area contributed by atoms with E-state index >= 15 is 0 Å². The fourth-order valence-electron chi connectivity index (χ4n) is 1.32. The zero-order chi connectivity index (χ0) is 9.26. The molecule has 0 aliphatic rings. The highest BCUT2D eigenvalue weighted by Gasteiger charge is 2.06. The van der Waals surface area contributed by atoms with Gasteiger partial charge in [-0.3, -0.25) is 0 Å². The van der Waals surface area contributed by atoms with Crippen molar-refractivity contribution < 1.29 is 4.39 Å². The van der Waals surface area contributed by atoms with Crippen LogP contribution in [0.25, 0.3) is 11.1 Å². The summed E-state index contributed by atoms with van der Waals surface area (Å²) >= 11 is 1.60. The lowest BCUT2D eigenvalue weighted by Crippen LogP contribution is -1.82. The van der Waals surface area contributed by atoms with Gasteiger partial charge in [0.15, 0.2) is 0 Å². The lowest BCUT2D eigenvalue weighted by molar-refractivity contribution is 0.631. The molecule has 0 amide bonds. The minimum atomic E-state index is -0.149. The maximum Gasteiger partial charge on any atom is 0.131 e. The van der Waals surface area contributed by atoms with E-state index in [0.717, 1.165) is 11.1 Å². The number of thiophene rings is 1. The highest BCUT2D eigenvalue weighted by atomic mass is 32.1. The number of rotatable bonds is 1. The summed E-state index contributed by atoms with van der Waals surface area (Å²) in [6, 6.07) is 6.87. The summed E-state index contributed by atoms with van der Waals surface area (Å²) in [6.07, 6.45) is 0. The molecule has 2 rings (SSSR count). The van der Waals surface area contributed by atoms with Gasteiger partial charge in [-0.15, -0.1) is 0 Å². The van der Waals surface area contributed by atoms with Gasteiger partial charge in [0, 0.05) is 5.56 Å². The Morgan fingerprint density at radius 2 is 1.85 bits per heavy atom. The minimum absolute atomic E-state index is 0.149. The molecule has 1 aromatic heterocycles. The largest absolute Gasteiger partial charge is 0.206 e. The summed E-state index contributed by atoms with van der Waals surface area (Å²) in [7, 11) is 0. The van der Waals surface area contributed by atoms with Gasteiger partial charge in [0.05, 0.1) is 0 Å². The Morgan fingerprint density at radius 3 is 2.46 bits per heavy atom. The number of halogens is 1. The molecule has 2 aromatic rings. The molecule has 0 bridgehead atoms. The van der Waals surface area contributed by atoms with E-state index in [0.29, 0.717) is 5.56 Å². The van der Waals surface area contributed by atoms with E-state index in [9.17, 15) is 4.39 Å². The maximum absolute atomic E-state index is 13.3. The van der Waals surface area contributed by atoms with Crippen LogP contribution < -0.4 is 0 Å². The molecule has 1 heterocycles. The van der Waals surface area contributed by atoms with Gasteiger partial charge in [-0.05, 0) is 34.9 Å². The van der Waals surface area contributed by atoms with Crippen molar-refractivity contribution in [3.05, 3.63) is 46.4 Å². The van der Waals surface area contributed by atoms with Crippen molar-refractivity contribution in [3.63, 3.8) is 0 Å². The molecule has 0 aliphatic heterocycles. The smallest absolute Gasteiger partial charge is 0.131 e. The fraction of sp³-hybridized carbons (Fsp3) is 0.0909. The average Bonchev–Trinajstić information content (AvgIpc) is 2.52. The van der Waals surface area contributed by atoms with Crippen LogP contribution in [0.1, 0.15) is 5.56 Å². The monoisotopic (exact) mass is 192 g/mol.